The first-order chi connectivity index (χ1) is 8.28. The Hall–Kier alpha value is -1.10. The van der Waals surface area contributed by atoms with E-state index < -0.39 is 5.97 Å². The Kier molecular flexibility index (Phi) is 5.14. The van der Waals surface area contributed by atoms with Crippen molar-refractivity contribution >= 4 is 11.9 Å². The van der Waals surface area contributed by atoms with Crippen molar-refractivity contribution in [2.75, 3.05) is 6.61 Å². The zero-order valence-electron chi connectivity index (χ0n) is 11.4. The molecule has 0 atom stereocenters. The second-order valence-corrected chi connectivity index (χ2v) is 5.86. The van der Waals surface area contributed by atoms with Gasteiger partial charge >= 0.3 is 5.97 Å². The fourth-order valence-corrected chi connectivity index (χ4v) is 2.04. The van der Waals surface area contributed by atoms with Crippen LogP contribution in [0.25, 0.3) is 0 Å². The maximum absolute atomic E-state index is 11.6. The summed E-state index contributed by atoms with van der Waals surface area (Å²) < 4.78 is 5.39. The quantitative estimate of drug-likeness (QED) is 0.801. The van der Waals surface area contributed by atoms with Crippen LogP contribution >= 0.6 is 0 Å². The third-order valence-electron chi connectivity index (χ3n) is 3.08. The average Bonchev–Trinajstić information content (AvgIpc) is 2.26. The molecule has 18 heavy (non-hydrogen) atoms. The van der Waals surface area contributed by atoms with Crippen LogP contribution in [-0.2, 0) is 14.3 Å². The number of hydrogen-bond donors (Lipinski definition) is 2. The number of aliphatic carboxylic acids is 1. The predicted octanol–water partition coefficient (Wildman–Crippen LogP) is 1.56. The van der Waals surface area contributed by atoms with E-state index in [9.17, 15) is 9.59 Å². The number of carbonyl (C=O) groups is 2. The highest BCUT2D eigenvalue weighted by atomic mass is 16.5. The second kappa shape index (κ2) is 6.18. The number of amides is 1. The van der Waals surface area contributed by atoms with Crippen molar-refractivity contribution in [2.24, 2.45) is 5.92 Å². The van der Waals surface area contributed by atoms with E-state index in [1.807, 2.05) is 20.8 Å². The Morgan fingerprint density at radius 3 is 2.22 bits per heavy atom. The number of ether oxygens (including phenoxy) is 1. The lowest BCUT2D eigenvalue weighted by atomic mass is 9.86. The van der Waals surface area contributed by atoms with Gasteiger partial charge in [0.15, 0.2) is 0 Å². The van der Waals surface area contributed by atoms with Gasteiger partial charge in [-0.25, -0.2) is 0 Å². The lowest BCUT2D eigenvalue weighted by molar-refractivity contribution is -0.142. The molecule has 0 heterocycles. The molecule has 104 valence electrons. The van der Waals surface area contributed by atoms with Gasteiger partial charge in [0.1, 0.15) is 6.61 Å². The summed E-state index contributed by atoms with van der Waals surface area (Å²) in [5.74, 6) is -1.09. The predicted molar refractivity (Wildman–Crippen MR) is 67.2 cm³/mol. The highest BCUT2D eigenvalue weighted by Crippen LogP contribution is 2.24. The first-order valence-electron chi connectivity index (χ1n) is 6.44. The Labute approximate surface area is 108 Å². The minimum atomic E-state index is -0.726. The van der Waals surface area contributed by atoms with Crippen molar-refractivity contribution in [3.05, 3.63) is 0 Å². The fourth-order valence-electron chi connectivity index (χ4n) is 2.04. The Morgan fingerprint density at radius 1 is 1.22 bits per heavy atom. The van der Waals surface area contributed by atoms with Crippen LogP contribution in [0.2, 0.25) is 0 Å². The van der Waals surface area contributed by atoms with Gasteiger partial charge in [-0.15, -0.1) is 0 Å². The number of carboxylic acids is 1. The molecule has 0 radical (unpaired) electrons. The lowest BCUT2D eigenvalue weighted by Gasteiger charge is -2.27. The van der Waals surface area contributed by atoms with Gasteiger partial charge in [0.05, 0.1) is 11.5 Å². The molecule has 1 saturated carbocycles. The van der Waals surface area contributed by atoms with Gasteiger partial charge in [0.2, 0.25) is 5.91 Å². The minimum absolute atomic E-state index is 0.0579. The van der Waals surface area contributed by atoms with E-state index in [1.54, 1.807) is 0 Å². The molecule has 0 aromatic carbocycles. The Morgan fingerprint density at radius 2 is 1.78 bits per heavy atom. The van der Waals surface area contributed by atoms with Gasteiger partial charge < -0.3 is 15.2 Å². The molecule has 1 fully saturated rings. The third kappa shape index (κ3) is 5.49. The molecule has 0 bridgehead atoms. The van der Waals surface area contributed by atoms with Crippen LogP contribution in [0.15, 0.2) is 0 Å². The summed E-state index contributed by atoms with van der Waals surface area (Å²) >= 11 is 0. The molecule has 5 heteroatoms. The molecule has 0 aromatic heterocycles. The van der Waals surface area contributed by atoms with Gasteiger partial charge in [0, 0.05) is 6.04 Å². The molecule has 1 amide bonds. The number of hydrogen-bond acceptors (Lipinski definition) is 3. The molecule has 0 unspecified atom stereocenters. The lowest BCUT2D eigenvalue weighted by Crippen LogP contribution is -2.41. The molecule has 2 N–H and O–H groups in total. The fraction of sp³-hybridized carbons (Fsp3) is 0.846. The van der Waals surface area contributed by atoms with Crippen molar-refractivity contribution in [2.45, 2.75) is 58.1 Å². The molecule has 0 aromatic rings. The zero-order valence-corrected chi connectivity index (χ0v) is 11.4. The summed E-state index contributed by atoms with van der Waals surface area (Å²) in [7, 11) is 0. The van der Waals surface area contributed by atoms with Crippen molar-refractivity contribution in [1.82, 2.24) is 5.32 Å². The van der Waals surface area contributed by atoms with Crippen LogP contribution in [0.1, 0.15) is 46.5 Å². The van der Waals surface area contributed by atoms with Crippen molar-refractivity contribution in [1.29, 1.82) is 0 Å². The van der Waals surface area contributed by atoms with E-state index in [2.05, 4.69) is 5.32 Å². The molecular formula is C13H23NO4. The van der Waals surface area contributed by atoms with E-state index in [0.717, 1.165) is 12.8 Å². The van der Waals surface area contributed by atoms with Gasteiger partial charge in [0.25, 0.3) is 0 Å². The van der Waals surface area contributed by atoms with E-state index >= 15 is 0 Å². The molecule has 1 rings (SSSR count). The Bertz CT molecular complexity index is 301. The topological polar surface area (TPSA) is 75.6 Å². The van der Waals surface area contributed by atoms with Crippen LogP contribution < -0.4 is 5.32 Å². The second-order valence-electron chi connectivity index (χ2n) is 5.86. The molecule has 1 aliphatic carbocycles. The first kappa shape index (κ1) is 15.0. The van der Waals surface area contributed by atoms with Gasteiger partial charge in [-0.1, -0.05) is 0 Å². The molecular weight excluding hydrogens is 234 g/mol. The maximum atomic E-state index is 11.6. The summed E-state index contributed by atoms with van der Waals surface area (Å²) in [5, 5.41) is 11.8. The first-order valence-corrected chi connectivity index (χ1v) is 6.44. The Balaban J connectivity index is 2.24. The molecule has 0 spiro atoms. The summed E-state index contributed by atoms with van der Waals surface area (Å²) in [5.41, 5.74) is -0.321. The molecule has 1 aliphatic rings. The largest absolute Gasteiger partial charge is 0.481 e. The number of nitrogens with one attached hydrogen (secondary N) is 1. The van der Waals surface area contributed by atoms with Crippen LogP contribution in [0.4, 0.5) is 0 Å². The summed E-state index contributed by atoms with van der Waals surface area (Å²) in [6.07, 6.45) is 2.75. The highest BCUT2D eigenvalue weighted by Gasteiger charge is 2.26. The maximum Gasteiger partial charge on any atom is 0.306 e. The minimum Gasteiger partial charge on any atom is -0.481 e. The average molecular weight is 257 g/mol. The van der Waals surface area contributed by atoms with Crippen molar-refractivity contribution < 1.29 is 19.4 Å². The summed E-state index contributed by atoms with van der Waals surface area (Å²) in [4.78, 5) is 22.4. The van der Waals surface area contributed by atoms with Gasteiger partial charge in [-0.2, -0.15) is 0 Å². The molecule has 0 aliphatic heterocycles. The summed E-state index contributed by atoms with van der Waals surface area (Å²) in [6, 6.07) is 0.0941. The SMILES string of the molecule is CC(C)(C)OCC(=O)NC1CCC(C(=O)O)CC1. The van der Waals surface area contributed by atoms with E-state index in [0.29, 0.717) is 12.8 Å². The van der Waals surface area contributed by atoms with Gasteiger partial charge in [-0.3, -0.25) is 9.59 Å². The highest BCUT2D eigenvalue weighted by molar-refractivity contribution is 5.77. The smallest absolute Gasteiger partial charge is 0.306 e. The zero-order chi connectivity index (χ0) is 13.8. The van der Waals surface area contributed by atoms with Crippen LogP contribution in [0.3, 0.4) is 0 Å². The van der Waals surface area contributed by atoms with Crippen molar-refractivity contribution in [3.8, 4) is 0 Å². The van der Waals surface area contributed by atoms with E-state index in [4.69, 9.17) is 9.84 Å². The van der Waals surface area contributed by atoms with Crippen LogP contribution in [-0.4, -0.2) is 35.2 Å². The number of carbonyl (C=O) groups excluding carboxylic acids is 1. The van der Waals surface area contributed by atoms with E-state index in [-0.39, 0.29) is 30.1 Å². The summed E-state index contributed by atoms with van der Waals surface area (Å²) in [6.45, 7) is 5.76. The standard InChI is InChI=1S/C13H23NO4/c1-13(2,3)18-8-11(15)14-10-6-4-9(5-7-10)12(16)17/h9-10H,4-8H2,1-3H3,(H,14,15)(H,16,17). The van der Waals surface area contributed by atoms with Crippen LogP contribution in [0.5, 0.6) is 0 Å². The normalized spacial score (nSPS) is 24.6. The molecule has 0 saturated heterocycles. The number of rotatable bonds is 4. The number of carboxylic acid groups (broad SMARTS) is 1. The van der Waals surface area contributed by atoms with E-state index in [1.165, 1.54) is 0 Å². The molecule has 5 nitrogen and oxygen atoms in total. The van der Waals surface area contributed by atoms with Crippen LogP contribution in [0, 0.1) is 5.92 Å². The van der Waals surface area contributed by atoms with Gasteiger partial charge in [-0.05, 0) is 46.5 Å². The van der Waals surface area contributed by atoms with Crippen molar-refractivity contribution in [3.63, 3.8) is 0 Å². The monoisotopic (exact) mass is 257 g/mol. The third-order valence-corrected chi connectivity index (χ3v) is 3.08.